The predicted octanol–water partition coefficient (Wildman–Crippen LogP) is 6.36. The van der Waals surface area contributed by atoms with Crippen molar-refractivity contribution in [3.05, 3.63) is 77.5 Å². The van der Waals surface area contributed by atoms with Gasteiger partial charge in [0, 0.05) is 35.9 Å². The van der Waals surface area contributed by atoms with Crippen LogP contribution in [0.25, 0.3) is 0 Å². The largest absolute Gasteiger partial charge is 0.495 e. The Hall–Kier alpha value is -2.92. The van der Waals surface area contributed by atoms with Gasteiger partial charge >= 0.3 is 11.8 Å². The molecule has 0 bridgehead atoms. The number of amides is 3. The van der Waals surface area contributed by atoms with Gasteiger partial charge in [0.25, 0.3) is 5.91 Å². The topological polar surface area (TPSA) is 148 Å². The number of nitrogens with zero attached hydrogens (tertiary/aromatic N) is 2. The van der Waals surface area contributed by atoms with Gasteiger partial charge in [0.1, 0.15) is 17.8 Å². The van der Waals surface area contributed by atoms with Crippen LogP contribution in [0.3, 0.4) is 0 Å². The minimum Gasteiger partial charge on any atom is -0.495 e. The zero-order chi connectivity index (χ0) is 34.3. The number of aliphatic hydroxyl groups is 1. The smallest absolute Gasteiger partial charge is 0.321 e. The molecule has 0 saturated heterocycles. The molecule has 2 atom stereocenters. The zero-order valence-electron chi connectivity index (χ0n) is 25.6. The number of halogens is 4. The number of methoxy groups -OCH3 is 1. The van der Waals surface area contributed by atoms with E-state index in [1.54, 1.807) is 36.2 Å². The normalized spacial score (nSPS) is 18.8. The Morgan fingerprint density at radius 3 is 2.45 bits per heavy atom. The van der Waals surface area contributed by atoms with Crippen LogP contribution in [0.4, 0.5) is 10.5 Å². The molecule has 2 aliphatic rings. The van der Waals surface area contributed by atoms with Crippen LogP contribution < -0.4 is 15.4 Å². The molecule has 0 aliphatic carbocycles. The van der Waals surface area contributed by atoms with E-state index in [1.807, 2.05) is 12.1 Å². The molecule has 2 aromatic rings. The summed E-state index contributed by atoms with van der Waals surface area (Å²) < 4.78 is 19.5. The maximum absolute atomic E-state index is 12.8. The number of urea groups is 1. The molecule has 1 spiro atoms. The van der Waals surface area contributed by atoms with Crippen LogP contribution in [-0.4, -0.2) is 79.2 Å². The molecule has 12 nitrogen and oxygen atoms in total. The second kappa shape index (κ2) is 16.5. The Morgan fingerprint density at radius 2 is 1.81 bits per heavy atom. The van der Waals surface area contributed by atoms with Gasteiger partial charge in [0.05, 0.1) is 33.6 Å². The van der Waals surface area contributed by atoms with E-state index in [2.05, 4.69) is 79.5 Å². The molecule has 0 fully saturated rings. The van der Waals surface area contributed by atoms with Crippen molar-refractivity contribution in [3.63, 3.8) is 0 Å². The lowest BCUT2D eigenvalue weighted by atomic mass is 10.0. The van der Waals surface area contributed by atoms with Crippen LogP contribution in [0.5, 0.6) is 5.75 Å². The average molecular weight is 908 g/mol. The number of carbonyl (C=O) groups is 3. The number of hydrogen-bond acceptors (Lipinski definition) is 9. The lowest BCUT2D eigenvalue weighted by molar-refractivity contribution is -0.225. The molecule has 16 heteroatoms. The van der Waals surface area contributed by atoms with Crippen molar-refractivity contribution in [1.29, 1.82) is 0 Å². The fraction of sp³-hybridized carbons (Fsp3) is 0.355. The third kappa shape index (κ3) is 9.16. The SMILES string of the molecule is COC1=C(Br)C[C@@]2(OC=C1Br)ON=C(C(=O)NCCCOc1c(Br)cc(CCN(C)C(=O)Nc3ccc(C(C)=O)cc3)cc1Br)[C@H]2O. The van der Waals surface area contributed by atoms with E-state index >= 15 is 0 Å². The van der Waals surface area contributed by atoms with Gasteiger partial charge in [-0.3, -0.25) is 9.59 Å². The number of Topliss-reactive ketones (excluding diaryl/α,β-unsaturated/α-hetero) is 1. The molecule has 4 rings (SSSR count). The van der Waals surface area contributed by atoms with Gasteiger partial charge in [-0.15, -0.1) is 0 Å². The maximum atomic E-state index is 12.8. The van der Waals surface area contributed by atoms with Crippen LogP contribution in [0, 0.1) is 0 Å². The van der Waals surface area contributed by atoms with E-state index < -0.39 is 17.8 Å². The van der Waals surface area contributed by atoms with Gasteiger partial charge in [0.15, 0.2) is 17.6 Å². The summed E-state index contributed by atoms with van der Waals surface area (Å²) in [6.07, 6.45) is 0.979. The van der Waals surface area contributed by atoms with Gasteiger partial charge in [-0.25, -0.2) is 4.79 Å². The summed E-state index contributed by atoms with van der Waals surface area (Å²) in [6, 6.07) is 10.3. The molecule has 2 heterocycles. The molecule has 3 amide bonds. The number of hydrogen-bond donors (Lipinski definition) is 3. The van der Waals surface area contributed by atoms with Crippen molar-refractivity contribution >= 4 is 92.8 Å². The standard InChI is InChI=1S/C31H32Br4N4O8/c1-17(40)19-5-7-20(8-6-19)37-30(43)39(2)11-9-18-13-21(32)27(22(33)14-18)45-12-4-10-36-29(42)25-28(41)31(47-38-25)15-23(34)26(44-3)24(35)16-46-31/h5-8,13-14,16,28,41H,4,9-12,15H2,1-3H3,(H,36,42)(H,37,43)/t28-,31-/m1/s1. The van der Waals surface area contributed by atoms with E-state index in [1.165, 1.54) is 20.3 Å². The first-order valence-corrected chi connectivity index (χ1v) is 17.4. The highest BCUT2D eigenvalue weighted by molar-refractivity contribution is 9.12. The summed E-state index contributed by atoms with van der Waals surface area (Å²) in [5.41, 5.74) is 1.96. The van der Waals surface area contributed by atoms with Crippen LogP contribution >= 0.6 is 63.7 Å². The second-order valence-electron chi connectivity index (χ2n) is 10.6. The lowest BCUT2D eigenvalue weighted by Crippen LogP contribution is -2.49. The fourth-order valence-corrected chi connectivity index (χ4v) is 7.57. The van der Waals surface area contributed by atoms with Crippen LogP contribution in [0.1, 0.15) is 35.7 Å². The highest BCUT2D eigenvalue weighted by Crippen LogP contribution is 2.41. The van der Waals surface area contributed by atoms with Crippen molar-refractivity contribution in [2.24, 2.45) is 5.16 Å². The highest BCUT2D eigenvalue weighted by Gasteiger charge is 2.54. The third-order valence-electron chi connectivity index (χ3n) is 7.17. The number of oxime groups is 1. The van der Waals surface area contributed by atoms with Gasteiger partial charge < -0.3 is 39.7 Å². The van der Waals surface area contributed by atoms with E-state index in [4.69, 9.17) is 19.0 Å². The van der Waals surface area contributed by atoms with Crippen molar-refractivity contribution in [3.8, 4) is 5.75 Å². The molecule has 2 aliphatic heterocycles. The van der Waals surface area contributed by atoms with Crippen molar-refractivity contribution in [1.82, 2.24) is 10.2 Å². The number of aliphatic hydroxyl groups excluding tert-OH is 1. The highest BCUT2D eigenvalue weighted by atomic mass is 79.9. The number of anilines is 1. The quantitative estimate of drug-likeness (QED) is 0.165. The summed E-state index contributed by atoms with van der Waals surface area (Å²) in [7, 11) is 3.20. The molecule has 0 aromatic heterocycles. The Kier molecular flexibility index (Phi) is 12.9. The van der Waals surface area contributed by atoms with Gasteiger partial charge in [-0.05, 0) is 110 Å². The maximum Gasteiger partial charge on any atom is 0.321 e. The molecule has 0 radical (unpaired) electrons. The van der Waals surface area contributed by atoms with Gasteiger partial charge in [-0.2, -0.15) is 0 Å². The number of nitrogens with one attached hydrogen (secondary N) is 2. The third-order valence-corrected chi connectivity index (χ3v) is 9.54. The summed E-state index contributed by atoms with van der Waals surface area (Å²) in [4.78, 5) is 43.9. The Bertz CT molecular complexity index is 1590. The van der Waals surface area contributed by atoms with E-state index in [9.17, 15) is 19.5 Å². The number of ketones is 1. The summed E-state index contributed by atoms with van der Waals surface area (Å²) in [6.45, 7) is 2.50. The van der Waals surface area contributed by atoms with Crippen LogP contribution in [0.15, 0.2) is 71.5 Å². The van der Waals surface area contributed by atoms with Crippen LogP contribution in [-0.2, 0) is 25.5 Å². The summed E-state index contributed by atoms with van der Waals surface area (Å²) in [5.74, 6) is -1.18. The van der Waals surface area contributed by atoms with E-state index in [-0.39, 0.29) is 30.5 Å². The Labute approximate surface area is 305 Å². The van der Waals surface area contributed by atoms with Gasteiger partial charge in [0.2, 0.25) is 0 Å². The molecule has 0 unspecified atom stereocenters. The monoisotopic (exact) mass is 904 g/mol. The fourth-order valence-electron chi connectivity index (χ4n) is 4.54. The first-order valence-electron chi connectivity index (χ1n) is 14.3. The average Bonchev–Trinajstić information content (AvgIpc) is 3.28. The molecular formula is C31H32Br4N4O8. The summed E-state index contributed by atoms with van der Waals surface area (Å²) in [5, 5.41) is 20.3. The predicted molar refractivity (Wildman–Crippen MR) is 190 cm³/mol. The minimum absolute atomic E-state index is 0.0367. The molecule has 47 heavy (non-hydrogen) atoms. The molecule has 0 saturated carbocycles. The first-order chi connectivity index (χ1) is 22.3. The number of benzene rings is 2. The van der Waals surface area contributed by atoms with Gasteiger partial charge in [-0.1, -0.05) is 21.1 Å². The number of carbonyl (C=O) groups excluding carboxylic acids is 3. The number of ether oxygens (including phenoxy) is 3. The zero-order valence-corrected chi connectivity index (χ0v) is 31.9. The lowest BCUT2D eigenvalue weighted by Gasteiger charge is -2.27. The summed E-state index contributed by atoms with van der Waals surface area (Å²) >= 11 is 13.9. The number of rotatable bonds is 12. The molecular weight excluding hydrogens is 876 g/mol. The molecule has 252 valence electrons. The molecule has 3 N–H and O–H groups in total. The molecule has 2 aromatic carbocycles. The van der Waals surface area contributed by atoms with Crippen LogP contribution in [0.2, 0.25) is 0 Å². The van der Waals surface area contributed by atoms with E-state index in [0.29, 0.717) is 57.7 Å². The second-order valence-corrected chi connectivity index (χ2v) is 14.1. The number of allylic oxidation sites excluding steroid dienone is 1. The first kappa shape index (κ1) is 36.9. The Balaban J connectivity index is 1.21. The minimum atomic E-state index is -1.62. The van der Waals surface area contributed by atoms with E-state index in [0.717, 1.165) is 14.5 Å². The Morgan fingerprint density at radius 1 is 1.13 bits per heavy atom. The van der Waals surface area contributed by atoms with Crippen molar-refractivity contribution in [2.75, 3.05) is 39.2 Å². The van der Waals surface area contributed by atoms with Crippen molar-refractivity contribution in [2.45, 2.75) is 38.1 Å². The number of likely N-dealkylation sites (N-methyl/N-ethyl adjacent to an activating group) is 1. The van der Waals surface area contributed by atoms with Crippen molar-refractivity contribution < 1.29 is 38.5 Å².